The van der Waals surface area contributed by atoms with Crippen molar-refractivity contribution in [3.8, 4) is 5.75 Å². The van der Waals surface area contributed by atoms with Gasteiger partial charge in [-0.3, -0.25) is 9.59 Å². The van der Waals surface area contributed by atoms with E-state index in [0.717, 1.165) is 4.31 Å². The van der Waals surface area contributed by atoms with E-state index in [1.165, 1.54) is 45.5 Å². The summed E-state index contributed by atoms with van der Waals surface area (Å²) in [5.74, 6) is -0.468. The van der Waals surface area contributed by atoms with Crippen molar-refractivity contribution in [1.29, 1.82) is 0 Å². The molecule has 0 fully saturated rings. The Bertz CT molecular complexity index is 924. The number of hydrogen-bond acceptors (Lipinski definition) is 5. The first-order valence-corrected chi connectivity index (χ1v) is 9.43. The molecular weight excluding hydrogens is 370 g/mol. The van der Waals surface area contributed by atoms with Crippen molar-refractivity contribution >= 4 is 27.5 Å². The van der Waals surface area contributed by atoms with Crippen LogP contribution in [0.2, 0.25) is 0 Å². The first-order chi connectivity index (χ1) is 12.8. The molecule has 8 nitrogen and oxygen atoms in total. The van der Waals surface area contributed by atoms with Gasteiger partial charge < -0.3 is 15.4 Å². The van der Waals surface area contributed by atoms with Gasteiger partial charge in [0.2, 0.25) is 15.9 Å². The Morgan fingerprint density at radius 3 is 2.26 bits per heavy atom. The number of methoxy groups -OCH3 is 1. The minimum Gasteiger partial charge on any atom is -0.496 e. The Morgan fingerprint density at radius 1 is 1.04 bits per heavy atom. The van der Waals surface area contributed by atoms with Gasteiger partial charge >= 0.3 is 0 Å². The lowest BCUT2D eigenvalue weighted by atomic mass is 10.2. The predicted molar refractivity (Wildman–Crippen MR) is 101 cm³/mol. The zero-order valence-corrected chi connectivity index (χ0v) is 16.0. The van der Waals surface area contributed by atoms with Gasteiger partial charge in [-0.1, -0.05) is 12.1 Å². The Kier molecular flexibility index (Phi) is 6.54. The average molecular weight is 391 g/mol. The lowest BCUT2D eigenvalue weighted by Crippen LogP contribution is -2.33. The third-order valence-corrected chi connectivity index (χ3v) is 5.51. The van der Waals surface area contributed by atoms with Crippen molar-refractivity contribution in [2.24, 2.45) is 0 Å². The lowest BCUT2D eigenvalue weighted by molar-refractivity contribution is -0.115. The Labute approximate surface area is 158 Å². The molecule has 0 heterocycles. The van der Waals surface area contributed by atoms with Crippen molar-refractivity contribution in [3.05, 3.63) is 54.1 Å². The number of sulfonamides is 1. The normalized spacial score (nSPS) is 11.1. The number of rotatable bonds is 7. The molecule has 27 heavy (non-hydrogen) atoms. The fourth-order valence-electron chi connectivity index (χ4n) is 2.21. The van der Waals surface area contributed by atoms with Crippen LogP contribution in [0.5, 0.6) is 5.75 Å². The molecule has 0 aromatic heterocycles. The zero-order chi connectivity index (χ0) is 20.0. The molecule has 0 spiro atoms. The van der Waals surface area contributed by atoms with E-state index in [-0.39, 0.29) is 11.4 Å². The number of hydrogen-bond donors (Lipinski definition) is 2. The van der Waals surface area contributed by atoms with Crippen LogP contribution < -0.4 is 15.4 Å². The van der Waals surface area contributed by atoms with E-state index >= 15 is 0 Å². The maximum atomic E-state index is 12.2. The number of nitrogens with one attached hydrogen (secondary N) is 2. The van der Waals surface area contributed by atoms with E-state index in [1.54, 1.807) is 24.3 Å². The number of anilines is 1. The van der Waals surface area contributed by atoms with Crippen LogP contribution in [-0.2, 0) is 14.8 Å². The number of carbonyl (C=O) groups excluding carboxylic acids is 2. The molecule has 0 atom stereocenters. The van der Waals surface area contributed by atoms with Crippen molar-refractivity contribution in [3.63, 3.8) is 0 Å². The summed E-state index contributed by atoms with van der Waals surface area (Å²) >= 11 is 0. The van der Waals surface area contributed by atoms with Gasteiger partial charge in [0.05, 0.1) is 24.1 Å². The first-order valence-electron chi connectivity index (χ1n) is 7.99. The maximum absolute atomic E-state index is 12.2. The summed E-state index contributed by atoms with van der Waals surface area (Å²) in [7, 11) is 0.808. The maximum Gasteiger partial charge on any atom is 0.255 e. The first kappa shape index (κ1) is 20.4. The molecular formula is C18H21N3O5S. The third-order valence-electron chi connectivity index (χ3n) is 3.68. The topological polar surface area (TPSA) is 105 Å². The summed E-state index contributed by atoms with van der Waals surface area (Å²) in [6.45, 7) is -0.241. The average Bonchev–Trinajstić information content (AvgIpc) is 2.66. The van der Waals surface area contributed by atoms with Gasteiger partial charge in [0, 0.05) is 19.8 Å². The standard InChI is InChI=1S/C18H21N3O5S/c1-21(2)27(24,25)14-10-8-13(9-11-14)20-17(22)12-19-18(23)15-6-4-5-7-16(15)26-3/h4-11H,12H2,1-3H3,(H,19,23)(H,20,22). The van der Waals surface area contributed by atoms with E-state index in [4.69, 9.17) is 4.74 Å². The summed E-state index contributed by atoms with van der Waals surface area (Å²) < 4.78 is 30.2. The number of ether oxygens (including phenoxy) is 1. The fourth-order valence-corrected chi connectivity index (χ4v) is 3.12. The van der Waals surface area contributed by atoms with Crippen molar-refractivity contribution in [1.82, 2.24) is 9.62 Å². The predicted octanol–water partition coefficient (Wildman–Crippen LogP) is 1.31. The highest BCUT2D eigenvalue weighted by Gasteiger charge is 2.17. The largest absolute Gasteiger partial charge is 0.496 e. The van der Waals surface area contributed by atoms with Gasteiger partial charge in [-0.05, 0) is 36.4 Å². The van der Waals surface area contributed by atoms with Gasteiger partial charge in [-0.15, -0.1) is 0 Å². The number of carbonyl (C=O) groups is 2. The fraction of sp³-hybridized carbons (Fsp3) is 0.222. The lowest BCUT2D eigenvalue weighted by Gasteiger charge is -2.12. The molecule has 2 rings (SSSR count). The smallest absolute Gasteiger partial charge is 0.255 e. The summed E-state index contributed by atoms with van der Waals surface area (Å²) in [6, 6.07) is 12.4. The molecule has 2 N–H and O–H groups in total. The van der Waals surface area contributed by atoms with E-state index < -0.39 is 21.8 Å². The summed E-state index contributed by atoms with van der Waals surface area (Å²) in [6.07, 6.45) is 0. The van der Waals surface area contributed by atoms with Gasteiger partial charge in [0.15, 0.2) is 0 Å². The number of nitrogens with zero attached hydrogens (tertiary/aromatic N) is 1. The third kappa shape index (κ3) is 5.05. The highest BCUT2D eigenvalue weighted by Crippen LogP contribution is 2.17. The molecule has 0 saturated heterocycles. The highest BCUT2D eigenvalue weighted by molar-refractivity contribution is 7.89. The molecule has 0 aliphatic rings. The van der Waals surface area contributed by atoms with Crippen molar-refractivity contribution < 1.29 is 22.7 Å². The van der Waals surface area contributed by atoms with Crippen LogP contribution >= 0.6 is 0 Å². The summed E-state index contributed by atoms with van der Waals surface area (Å²) in [5.41, 5.74) is 0.746. The molecule has 0 aliphatic carbocycles. The van der Waals surface area contributed by atoms with Crippen LogP contribution in [0, 0.1) is 0 Å². The Balaban J connectivity index is 1.95. The number of para-hydroxylation sites is 1. The van der Waals surface area contributed by atoms with Crippen LogP contribution in [0.3, 0.4) is 0 Å². The highest BCUT2D eigenvalue weighted by atomic mass is 32.2. The second-order valence-corrected chi connectivity index (χ2v) is 7.89. The molecule has 9 heteroatoms. The van der Waals surface area contributed by atoms with E-state index in [9.17, 15) is 18.0 Å². The molecule has 0 saturated carbocycles. The Morgan fingerprint density at radius 2 is 1.67 bits per heavy atom. The summed E-state index contributed by atoms with van der Waals surface area (Å²) in [4.78, 5) is 24.3. The van der Waals surface area contributed by atoms with E-state index in [2.05, 4.69) is 10.6 Å². The molecule has 2 amide bonds. The van der Waals surface area contributed by atoms with Crippen LogP contribution in [-0.4, -0.2) is 52.3 Å². The van der Waals surface area contributed by atoms with Gasteiger partial charge in [0.25, 0.3) is 5.91 Å². The quantitative estimate of drug-likeness (QED) is 0.741. The van der Waals surface area contributed by atoms with Gasteiger partial charge in [-0.2, -0.15) is 0 Å². The van der Waals surface area contributed by atoms with E-state index in [1.807, 2.05) is 0 Å². The molecule has 0 aliphatic heterocycles. The second-order valence-electron chi connectivity index (χ2n) is 5.74. The summed E-state index contributed by atoms with van der Waals surface area (Å²) in [5, 5.41) is 5.10. The molecule has 0 bridgehead atoms. The van der Waals surface area contributed by atoms with Gasteiger partial charge in [0.1, 0.15) is 5.75 Å². The molecule has 144 valence electrons. The second kappa shape index (κ2) is 8.65. The molecule has 0 radical (unpaired) electrons. The van der Waals surface area contributed by atoms with Crippen molar-refractivity contribution in [2.75, 3.05) is 33.1 Å². The van der Waals surface area contributed by atoms with E-state index in [0.29, 0.717) is 17.0 Å². The SMILES string of the molecule is COc1ccccc1C(=O)NCC(=O)Nc1ccc(S(=O)(=O)N(C)C)cc1. The zero-order valence-electron chi connectivity index (χ0n) is 15.2. The minimum absolute atomic E-state index is 0.120. The van der Waals surface area contributed by atoms with Crippen molar-refractivity contribution in [2.45, 2.75) is 4.90 Å². The Hall–Kier alpha value is -2.91. The molecule has 2 aromatic rings. The van der Waals surface area contributed by atoms with Crippen LogP contribution in [0.25, 0.3) is 0 Å². The number of benzene rings is 2. The molecule has 2 aromatic carbocycles. The van der Waals surface area contributed by atoms with Crippen LogP contribution in [0.4, 0.5) is 5.69 Å². The van der Waals surface area contributed by atoms with Crippen LogP contribution in [0.15, 0.2) is 53.4 Å². The monoisotopic (exact) mass is 391 g/mol. The molecule has 0 unspecified atom stereocenters. The number of amides is 2. The minimum atomic E-state index is -3.53. The van der Waals surface area contributed by atoms with Gasteiger partial charge in [-0.25, -0.2) is 12.7 Å². The van der Waals surface area contributed by atoms with Crippen LogP contribution in [0.1, 0.15) is 10.4 Å².